The molecule has 2 N–H and O–H groups in total. The first-order chi connectivity index (χ1) is 11.5. The maximum absolute atomic E-state index is 14.0. The molecular formula is C19H20BrFN2S. The van der Waals surface area contributed by atoms with E-state index in [1.165, 1.54) is 17.2 Å². The van der Waals surface area contributed by atoms with Crippen molar-refractivity contribution in [2.45, 2.75) is 38.1 Å². The Labute approximate surface area is 156 Å². The Bertz CT molecular complexity index is 757. The summed E-state index contributed by atoms with van der Waals surface area (Å²) in [5, 5.41) is 6.92. The van der Waals surface area contributed by atoms with Gasteiger partial charge in [-0.05, 0) is 55.7 Å². The third kappa shape index (κ3) is 3.78. The van der Waals surface area contributed by atoms with E-state index < -0.39 is 0 Å². The second-order valence-electron chi connectivity index (χ2n) is 6.36. The minimum atomic E-state index is -0.329. The standard InChI is InChI=1S/C19H20BrFN2S/c1-13-5-4-6-14(11-13)19(9-2-3-10-19)23-18(24)22-17-8-7-15(20)12-16(17)21/h4-8,11-12H,2-3,9-10H2,1H3,(H2,22,23,24). The minimum absolute atomic E-state index is 0.165. The lowest BCUT2D eigenvalue weighted by Gasteiger charge is -2.33. The highest BCUT2D eigenvalue weighted by Gasteiger charge is 2.36. The van der Waals surface area contributed by atoms with Crippen LogP contribution in [-0.2, 0) is 5.54 Å². The van der Waals surface area contributed by atoms with Gasteiger partial charge in [0.25, 0.3) is 0 Å². The smallest absolute Gasteiger partial charge is 0.171 e. The fourth-order valence-corrected chi connectivity index (χ4v) is 4.01. The van der Waals surface area contributed by atoms with Gasteiger partial charge in [-0.15, -0.1) is 0 Å². The van der Waals surface area contributed by atoms with Gasteiger partial charge in [-0.25, -0.2) is 4.39 Å². The first-order valence-corrected chi connectivity index (χ1v) is 9.30. The first kappa shape index (κ1) is 17.4. The molecule has 0 aromatic heterocycles. The molecule has 3 rings (SSSR count). The summed E-state index contributed by atoms with van der Waals surface area (Å²) < 4.78 is 14.7. The van der Waals surface area contributed by atoms with Crippen LogP contribution in [0.3, 0.4) is 0 Å². The average molecular weight is 407 g/mol. The molecule has 1 aliphatic carbocycles. The highest BCUT2D eigenvalue weighted by molar-refractivity contribution is 9.10. The lowest BCUT2D eigenvalue weighted by atomic mass is 9.87. The van der Waals surface area contributed by atoms with E-state index in [1.807, 2.05) is 0 Å². The van der Waals surface area contributed by atoms with Crippen LogP contribution in [0.1, 0.15) is 36.8 Å². The highest BCUT2D eigenvalue weighted by Crippen LogP contribution is 2.39. The zero-order valence-electron chi connectivity index (χ0n) is 13.5. The van der Waals surface area contributed by atoms with E-state index in [1.54, 1.807) is 12.1 Å². The normalized spacial score (nSPS) is 16.0. The lowest BCUT2D eigenvalue weighted by Crippen LogP contribution is -2.45. The Kier molecular flexibility index (Phi) is 5.21. The van der Waals surface area contributed by atoms with Crippen LogP contribution in [-0.4, -0.2) is 5.11 Å². The van der Waals surface area contributed by atoms with Gasteiger partial charge in [-0.3, -0.25) is 0 Å². The zero-order valence-corrected chi connectivity index (χ0v) is 15.9. The summed E-state index contributed by atoms with van der Waals surface area (Å²) in [4.78, 5) is 0. The van der Waals surface area contributed by atoms with Crippen molar-refractivity contribution in [1.29, 1.82) is 0 Å². The average Bonchev–Trinajstić information content (AvgIpc) is 3.00. The molecule has 2 nitrogen and oxygen atoms in total. The molecule has 0 amide bonds. The summed E-state index contributed by atoms with van der Waals surface area (Å²) in [6.07, 6.45) is 4.38. The fourth-order valence-electron chi connectivity index (χ4n) is 3.37. The third-order valence-corrected chi connectivity index (χ3v) is 5.26. The summed E-state index contributed by atoms with van der Waals surface area (Å²) in [6, 6.07) is 13.4. The SMILES string of the molecule is Cc1cccc(C2(NC(=S)Nc3ccc(Br)cc3F)CCCC2)c1. The van der Waals surface area contributed by atoms with Crippen molar-refractivity contribution in [3.63, 3.8) is 0 Å². The molecule has 0 saturated heterocycles. The van der Waals surface area contributed by atoms with Gasteiger partial charge in [0, 0.05) is 4.47 Å². The first-order valence-electron chi connectivity index (χ1n) is 8.10. The Morgan fingerprint density at radius 2 is 1.92 bits per heavy atom. The van der Waals surface area contributed by atoms with Gasteiger partial charge >= 0.3 is 0 Å². The molecule has 1 saturated carbocycles. The Balaban J connectivity index is 1.80. The molecule has 0 spiro atoms. The summed E-state index contributed by atoms with van der Waals surface area (Å²) >= 11 is 8.73. The maximum Gasteiger partial charge on any atom is 0.171 e. The summed E-state index contributed by atoms with van der Waals surface area (Å²) in [5.41, 5.74) is 2.70. The van der Waals surface area contributed by atoms with E-state index in [0.29, 0.717) is 15.3 Å². The number of hydrogen-bond acceptors (Lipinski definition) is 1. The zero-order chi connectivity index (χ0) is 17.2. The Morgan fingerprint density at radius 1 is 1.17 bits per heavy atom. The highest BCUT2D eigenvalue weighted by atomic mass is 79.9. The summed E-state index contributed by atoms with van der Waals surface area (Å²) in [5.74, 6) is -0.329. The van der Waals surface area contributed by atoms with Gasteiger partial charge < -0.3 is 10.6 Å². The van der Waals surface area contributed by atoms with Crippen LogP contribution in [0.2, 0.25) is 0 Å². The van der Waals surface area contributed by atoms with Crippen LogP contribution in [0.5, 0.6) is 0 Å². The quantitative estimate of drug-likeness (QED) is 0.643. The van der Waals surface area contributed by atoms with Crippen LogP contribution in [0.25, 0.3) is 0 Å². The van der Waals surface area contributed by atoms with E-state index in [0.717, 1.165) is 25.7 Å². The molecule has 2 aromatic carbocycles. The van der Waals surface area contributed by atoms with Gasteiger partial charge in [-0.1, -0.05) is 58.6 Å². The molecular weight excluding hydrogens is 387 g/mol. The molecule has 0 heterocycles. The van der Waals surface area contributed by atoms with Crippen LogP contribution < -0.4 is 10.6 Å². The van der Waals surface area contributed by atoms with Crippen molar-refractivity contribution in [3.8, 4) is 0 Å². The van der Waals surface area contributed by atoms with Crippen LogP contribution >= 0.6 is 28.1 Å². The number of hydrogen-bond donors (Lipinski definition) is 2. The largest absolute Gasteiger partial charge is 0.353 e. The van der Waals surface area contributed by atoms with Crippen molar-refractivity contribution in [2.24, 2.45) is 0 Å². The van der Waals surface area contributed by atoms with Crippen molar-refractivity contribution >= 4 is 38.9 Å². The molecule has 126 valence electrons. The Morgan fingerprint density at radius 3 is 2.58 bits per heavy atom. The predicted molar refractivity (Wildman–Crippen MR) is 105 cm³/mol. The fraction of sp³-hybridized carbons (Fsp3) is 0.316. The van der Waals surface area contributed by atoms with Crippen LogP contribution in [0.4, 0.5) is 10.1 Å². The van der Waals surface area contributed by atoms with Crippen molar-refractivity contribution < 1.29 is 4.39 Å². The molecule has 24 heavy (non-hydrogen) atoms. The van der Waals surface area contributed by atoms with E-state index in [4.69, 9.17) is 12.2 Å². The number of thiocarbonyl (C=S) groups is 1. The molecule has 1 aliphatic rings. The van der Waals surface area contributed by atoms with Crippen LogP contribution in [0.15, 0.2) is 46.9 Å². The van der Waals surface area contributed by atoms with E-state index in [2.05, 4.69) is 57.8 Å². The van der Waals surface area contributed by atoms with Gasteiger partial charge in [-0.2, -0.15) is 0 Å². The minimum Gasteiger partial charge on any atom is -0.353 e. The molecule has 0 radical (unpaired) electrons. The molecule has 1 fully saturated rings. The topological polar surface area (TPSA) is 24.1 Å². The number of benzene rings is 2. The number of nitrogens with one attached hydrogen (secondary N) is 2. The number of aryl methyl sites for hydroxylation is 1. The monoisotopic (exact) mass is 406 g/mol. The molecule has 0 unspecified atom stereocenters. The number of rotatable bonds is 3. The second kappa shape index (κ2) is 7.19. The summed E-state index contributed by atoms with van der Waals surface area (Å²) in [6.45, 7) is 2.10. The molecule has 2 aromatic rings. The van der Waals surface area contributed by atoms with Gasteiger partial charge in [0.1, 0.15) is 5.82 Å². The molecule has 0 aliphatic heterocycles. The van der Waals surface area contributed by atoms with Gasteiger partial charge in [0.15, 0.2) is 5.11 Å². The number of anilines is 1. The maximum atomic E-state index is 14.0. The second-order valence-corrected chi connectivity index (χ2v) is 7.69. The molecule has 0 bridgehead atoms. The van der Waals surface area contributed by atoms with Crippen molar-refractivity contribution in [3.05, 3.63) is 63.9 Å². The lowest BCUT2D eigenvalue weighted by molar-refractivity contribution is 0.408. The molecule has 5 heteroatoms. The van der Waals surface area contributed by atoms with E-state index >= 15 is 0 Å². The van der Waals surface area contributed by atoms with E-state index in [-0.39, 0.29) is 11.4 Å². The van der Waals surface area contributed by atoms with Crippen LogP contribution in [0, 0.1) is 12.7 Å². The molecule has 0 atom stereocenters. The van der Waals surface area contributed by atoms with Crippen molar-refractivity contribution in [2.75, 3.05) is 5.32 Å². The van der Waals surface area contributed by atoms with Gasteiger partial charge in [0.2, 0.25) is 0 Å². The Hall–Kier alpha value is -1.46. The predicted octanol–water partition coefficient (Wildman–Crippen LogP) is 5.65. The van der Waals surface area contributed by atoms with Crippen molar-refractivity contribution in [1.82, 2.24) is 5.32 Å². The number of halogens is 2. The summed E-state index contributed by atoms with van der Waals surface area (Å²) in [7, 11) is 0. The third-order valence-electron chi connectivity index (χ3n) is 4.56. The van der Waals surface area contributed by atoms with E-state index in [9.17, 15) is 4.39 Å². The van der Waals surface area contributed by atoms with Gasteiger partial charge in [0.05, 0.1) is 11.2 Å².